The number of anilines is 1. The van der Waals surface area contributed by atoms with Gasteiger partial charge in [0.05, 0.1) is 36.9 Å². The van der Waals surface area contributed by atoms with Gasteiger partial charge in [-0.05, 0) is 41.7 Å². The van der Waals surface area contributed by atoms with Crippen LogP contribution in [0.15, 0.2) is 24.3 Å². The Kier molecular flexibility index (Phi) is 4.33. The molecule has 144 valence electrons. The summed E-state index contributed by atoms with van der Waals surface area (Å²) in [7, 11) is -1.69. The molecular formula is C18H20N2O6S. The van der Waals surface area contributed by atoms with Crippen LogP contribution in [0.5, 0.6) is 0 Å². The Morgan fingerprint density at radius 1 is 1.41 bits per heavy atom. The number of nitrogens with one attached hydrogen (secondary N) is 1. The molecule has 0 bridgehead atoms. The van der Waals surface area contributed by atoms with Crippen molar-refractivity contribution >= 4 is 33.3 Å². The molecule has 9 heteroatoms. The van der Waals surface area contributed by atoms with Gasteiger partial charge in [0.15, 0.2) is 9.84 Å². The number of carbonyl (C=O) groups is 2. The second-order valence-electron chi connectivity index (χ2n) is 6.87. The van der Waals surface area contributed by atoms with Crippen LogP contribution in [-0.2, 0) is 25.7 Å². The van der Waals surface area contributed by atoms with Crippen molar-refractivity contribution in [2.45, 2.75) is 25.0 Å². The number of carbonyl (C=O) groups excluding carboxylic acids is 2. The fourth-order valence-corrected chi connectivity index (χ4v) is 5.00. The zero-order valence-corrected chi connectivity index (χ0v) is 15.6. The van der Waals surface area contributed by atoms with Crippen molar-refractivity contribution < 1.29 is 27.5 Å². The van der Waals surface area contributed by atoms with E-state index in [1.807, 2.05) is 18.2 Å². The molecule has 0 saturated carbocycles. The van der Waals surface area contributed by atoms with Crippen LogP contribution in [0.25, 0.3) is 5.57 Å². The first kappa shape index (κ1) is 17.8. The molecule has 3 aliphatic heterocycles. The number of hydrogen-bond donors (Lipinski definition) is 1. The number of sulfone groups is 1. The van der Waals surface area contributed by atoms with Gasteiger partial charge in [-0.3, -0.25) is 4.90 Å². The average Bonchev–Trinajstić information content (AvgIpc) is 3.16. The lowest BCUT2D eigenvalue weighted by Crippen LogP contribution is -2.40. The predicted molar refractivity (Wildman–Crippen MR) is 98.3 cm³/mol. The van der Waals surface area contributed by atoms with Gasteiger partial charge in [-0.1, -0.05) is 12.1 Å². The van der Waals surface area contributed by atoms with Crippen molar-refractivity contribution in [2.75, 3.05) is 30.1 Å². The van der Waals surface area contributed by atoms with Gasteiger partial charge in [-0.25, -0.2) is 18.0 Å². The van der Waals surface area contributed by atoms with Crippen molar-refractivity contribution in [3.05, 3.63) is 35.4 Å². The Morgan fingerprint density at radius 2 is 2.22 bits per heavy atom. The third-order valence-electron chi connectivity index (χ3n) is 5.25. The molecule has 2 atom stereocenters. The first-order chi connectivity index (χ1) is 12.9. The van der Waals surface area contributed by atoms with Crippen molar-refractivity contribution in [1.82, 2.24) is 5.32 Å². The summed E-state index contributed by atoms with van der Waals surface area (Å²) >= 11 is 0. The highest BCUT2D eigenvalue weighted by Crippen LogP contribution is 2.40. The Morgan fingerprint density at radius 3 is 2.93 bits per heavy atom. The van der Waals surface area contributed by atoms with E-state index in [4.69, 9.17) is 4.74 Å². The summed E-state index contributed by atoms with van der Waals surface area (Å²) in [4.78, 5) is 25.2. The molecule has 27 heavy (non-hydrogen) atoms. The molecule has 1 aromatic rings. The molecule has 1 aromatic carbocycles. The molecule has 3 aliphatic rings. The molecule has 3 heterocycles. The Bertz CT molecular complexity index is 939. The molecule has 1 saturated heterocycles. The van der Waals surface area contributed by atoms with Crippen LogP contribution < -0.4 is 10.2 Å². The molecule has 2 amide bonds. The summed E-state index contributed by atoms with van der Waals surface area (Å²) in [6, 6.07) is 5.64. The SMILES string of the molecule is COC(=O)NC[C@@H]1OC(=O)N2c3ccc(C4=CCS(=O)(=O)CC4)cc3C[C@@H]12. The van der Waals surface area contributed by atoms with Crippen LogP contribution in [0.4, 0.5) is 15.3 Å². The van der Waals surface area contributed by atoms with Gasteiger partial charge in [0.25, 0.3) is 0 Å². The van der Waals surface area contributed by atoms with Crippen LogP contribution in [0.3, 0.4) is 0 Å². The number of fused-ring (bicyclic) bond motifs is 3. The van der Waals surface area contributed by atoms with Crippen molar-refractivity contribution in [3.63, 3.8) is 0 Å². The van der Waals surface area contributed by atoms with E-state index in [1.54, 1.807) is 11.0 Å². The van der Waals surface area contributed by atoms with E-state index >= 15 is 0 Å². The molecule has 4 rings (SSSR count). The van der Waals surface area contributed by atoms with E-state index in [0.717, 1.165) is 22.4 Å². The third-order valence-corrected chi connectivity index (χ3v) is 6.75. The van der Waals surface area contributed by atoms with Crippen molar-refractivity contribution in [2.24, 2.45) is 0 Å². The highest BCUT2D eigenvalue weighted by Gasteiger charge is 2.47. The van der Waals surface area contributed by atoms with E-state index in [-0.39, 0.29) is 24.1 Å². The summed E-state index contributed by atoms with van der Waals surface area (Å²) < 4.78 is 33.2. The number of methoxy groups -OCH3 is 1. The summed E-state index contributed by atoms with van der Waals surface area (Å²) in [6.45, 7) is 0.184. The molecule has 8 nitrogen and oxygen atoms in total. The number of nitrogens with zero attached hydrogens (tertiary/aromatic N) is 1. The predicted octanol–water partition coefficient (Wildman–Crippen LogP) is 1.49. The normalized spacial score (nSPS) is 25.3. The smallest absolute Gasteiger partial charge is 0.415 e. The topological polar surface area (TPSA) is 102 Å². The molecule has 0 unspecified atom stereocenters. The van der Waals surface area contributed by atoms with Gasteiger partial charge in [-0.2, -0.15) is 0 Å². The first-order valence-corrected chi connectivity index (χ1v) is 10.5. The molecule has 0 aliphatic carbocycles. The van der Waals surface area contributed by atoms with E-state index in [9.17, 15) is 18.0 Å². The lowest BCUT2D eigenvalue weighted by molar-refractivity contribution is 0.123. The highest BCUT2D eigenvalue weighted by atomic mass is 32.2. The maximum atomic E-state index is 12.3. The maximum absolute atomic E-state index is 12.3. The van der Waals surface area contributed by atoms with Crippen LogP contribution in [0.2, 0.25) is 0 Å². The number of rotatable bonds is 3. The fraction of sp³-hybridized carbons (Fsp3) is 0.444. The monoisotopic (exact) mass is 392 g/mol. The standard InChI is InChI=1S/C18H20N2O6S/c1-25-17(21)19-10-16-15-9-13-8-12(11-4-6-27(23,24)7-5-11)2-3-14(13)20(15)18(22)26-16/h2-4,8,15-16H,5-7,9-10H2,1H3,(H,19,21)/t15-,16-/m0/s1. The minimum Gasteiger partial charge on any atom is -0.453 e. The Hall–Kier alpha value is -2.55. The first-order valence-electron chi connectivity index (χ1n) is 8.72. The van der Waals surface area contributed by atoms with E-state index in [1.165, 1.54) is 7.11 Å². The quantitative estimate of drug-likeness (QED) is 0.836. The second-order valence-corrected chi connectivity index (χ2v) is 9.10. The van der Waals surface area contributed by atoms with Gasteiger partial charge in [0.2, 0.25) is 0 Å². The summed E-state index contributed by atoms with van der Waals surface area (Å²) in [6.07, 6.45) is 1.45. The van der Waals surface area contributed by atoms with Crippen LogP contribution >= 0.6 is 0 Å². The second kappa shape index (κ2) is 6.56. The molecule has 0 spiro atoms. The number of allylic oxidation sites excluding steroid dienone is 1. The van der Waals surface area contributed by atoms with E-state index in [0.29, 0.717) is 12.8 Å². The zero-order chi connectivity index (χ0) is 19.2. The van der Waals surface area contributed by atoms with Gasteiger partial charge in [0, 0.05) is 0 Å². The number of amides is 2. The highest BCUT2D eigenvalue weighted by molar-refractivity contribution is 7.91. The van der Waals surface area contributed by atoms with E-state index < -0.39 is 28.1 Å². The summed E-state index contributed by atoms with van der Waals surface area (Å²) in [5, 5.41) is 2.57. The van der Waals surface area contributed by atoms with Gasteiger partial charge in [-0.15, -0.1) is 0 Å². The molecule has 0 aromatic heterocycles. The lowest BCUT2D eigenvalue weighted by Gasteiger charge is -2.16. The number of alkyl carbamates (subject to hydrolysis) is 1. The number of hydrogen-bond acceptors (Lipinski definition) is 6. The van der Waals surface area contributed by atoms with Gasteiger partial charge < -0.3 is 14.8 Å². The molecule has 1 N–H and O–H groups in total. The zero-order valence-electron chi connectivity index (χ0n) is 14.8. The molecule has 0 radical (unpaired) electrons. The summed E-state index contributed by atoms with van der Waals surface area (Å²) in [5.74, 6) is 0.236. The lowest BCUT2D eigenvalue weighted by atomic mass is 9.98. The average molecular weight is 392 g/mol. The molecule has 1 fully saturated rings. The van der Waals surface area contributed by atoms with Gasteiger partial charge >= 0.3 is 12.2 Å². The Labute approximate surface area is 157 Å². The minimum atomic E-state index is -2.97. The molecular weight excluding hydrogens is 372 g/mol. The number of cyclic esters (lactones) is 1. The van der Waals surface area contributed by atoms with E-state index in [2.05, 4.69) is 10.1 Å². The maximum Gasteiger partial charge on any atom is 0.415 e. The summed E-state index contributed by atoms with van der Waals surface area (Å²) in [5.41, 5.74) is 3.83. The van der Waals surface area contributed by atoms with Crippen LogP contribution in [0, 0.1) is 0 Å². The van der Waals surface area contributed by atoms with Crippen molar-refractivity contribution in [1.29, 1.82) is 0 Å². The van der Waals surface area contributed by atoms with Gasteiger partial charge in [0.1, 0.15) is 6.10 Å². The minimum absolute atomic E-state index is 0.0712. The third kappa shape index (κ3) is 3.27. The van der Waals surface area contributed by atoms with Crippen LogP contribution in [0.1, 0.15) is 17.5 Å². The number of benzene rings is 1. The fourth-order valence-electron chi connectivity index (χ4n) is 3.85. The number of ether oxygens (including phenoxy) is 2. The Balaban J connectivity index is 1.54. The van der Waals surface area contributed by atoms with Crippen molar-refractivity contribution in [3.8, 4) is 0 Å². The largest absolute Gasteiger partial charge is 0.453 e. The van der Waals surface area contributed by atoms with Crippen LogP contribution in [-0.4, -0.2) is 57.9 Å².